The van der Waals surface area contributed by atoms with Gasteiger partial charge in [0.05, 0.1) is 11.6 Å². The molecule has 1 aromatic heterocycles. The fourth-order valence-corrected chi connectivity index (χ4v) is 3.43. The van der Waals surface area contributed by atoms with Gasteiger partial charge in [-0.05, 0) is 49.8 Å². The molecule has 1 saturated carbocycles. The van der Waals surface area contributed by atoms with Crippen molar-refractivity contribution in [1.82, 2.24) is 9.97 Å². The first kappa shape index (κ1) is 15.5. The van der Waals surface area contributed by atoms with Gasteiger partial charge in [-0.25, -0.2) is 9.97 Å². The summed E-state index contributed by atoms with van der Waals surface area (Å²) in [6.07, 6.45) is 8.13. The van der Waals surface area contributed by atoms with Crippen LogP contribution in [0.1, 0.15) is 38.5 Å². The fourth-order valence-electron chi connectivity index (χ4n) is 3.27. The highest BCUT2D eigenvalue weighted by Gasteiger charge is 2.22. The van der Waals surface area contributed by atoms with Gasteiger partial charge in [0, 0.05) is 17.0 Å². The Labute approximate surface area is 135 Å². The summed E-state index contributed by atoms with van der Waals surface area (Å²) < 4.78 is 0. The van der Waals surface area contributed by atoms with Crippen molar-refractivity contribution in [2.45, 2.75) is 44.6 Å². The summed E-state index contributed by atoms with van der Waals surface area (Å²) in [6.45, 7) is 0.859. The van der Waals surface area contributed by atoms with E-state index in [1.54, 1.807) is 6.33 Å². The number of fused-ring (bicyclic) bond motifs is 1. The molecule has 3 rings (SSSR count). The summed E-state index contributed by atoms with van der Waals surface area (Å²) in [4.78, 5) is 8.57. The Morgan fingerprint density at radius 1 is 1.23 bits per heavy atom. The minimum atomic E-state index is -0.101. The number of anilines is 1. The van der Waals surface area contributed by atoms with Crippen molar-refractivity contribution < 1.29 is 5.11 Å². The van der Waals surface area contributed by atoms with Crippen LogP contribution in [0.5, 0.6) is 0 Å². The third kappa shape index (κ3) is 3.68. The topological polar surface area (TPSA) is 58.0 Å². The average Bonchev–Trinajstić information content (AvgIpc) is 2.53. The second-order valence-electron chi connectivity index (χ2n) is 6.06. The van der Waals surface area contributed by atoms with Crippen LogP contribution >= 0.6 is 11.6 Å². The molecular weight excluding hydrogens is 298 g/mol. The lowest BCUT2D eigenvalue weighted by molar-refractivity contribution is 0.0648. The smallest absolute Gasteiger partial charge is 0.137 e. The minimum Gasteiger partial charge on any atom is -0.393 e. The van der Waals surface area contributed by atoms with Crippen LogP contribution in [-0.2, 0) is 0 Å². The Morgan fingerprint density at radius 3 is 2.95 bits per heavy atom. The molecule has 22 heavy (non-hydrogen) atoms. The Morgan fingerprint density at radius 2 is 2.09 bits per heavy atom. The van der Waals surface area contributed by atoms with Crippen molar-refractivity contribution in [2.75, 3.05) is 11.9 Å². The molecule has 1 aromatic carbocycles. The van der Waals surface area contributed by atoms with E-state index in [4.69, 9.17) is 11.6 Å². The van der Waals surface area contributed by atoms with Crippen LogP contribution in [0.3, 0.4) is 0 Å². The van der Waals surface area contributed by atoms with Crippen molar-refractivity contribution in [1.29, 1.82) is 0 Å². The van der Waals surface area contributed by atoms with E-state index in [1.165, 1.54) is 12.8 Å². The first-order valence-corrected chi connectivity index (χ1v) is 8.44. The molecule has 118 valence electrons. The Bertz CT molecular complexity index is 634. The lowest BCUT2D eigenvalue weighted by atomic mass is 9.83. The maximum atomic E-state index is 10.00. The van der Waals surface area contributed by atoms with E-state index < -0.39 is 0 Å². The molecule has 5 heteroatoms. The van der Waals surface area contributed by atoms with Gasteiger partial charge in [-0.3, -0.25) is 0 Å². The number of aliphatic hydroxyl groups is 1. The molecule has 0 spiro atoms. The highest BCUT2D eigenvalue weighted by Crippen LogP contribution is 2.28. The molecule has 1 aliphatic rings. The number of benzene rings is 1. The Hall–Kier alpha value is -1.39. The molecule has 2 aromatic rings. The zero-order valence-corrected chi connectivity index (χ0v) is 13.4. The number of hydrogen-bond donors (Lipinski definition) is 2. The van der Waals surface area contributed by atoms with Crippen molar-refractivity contribution in [3.8, 4) is 0 Å². The summed E-state index contributed by atoms with van der Waals surface area (Å²) >= 11 is 5.99. The molecule has 0 amide bonds. The quantitative estimate of drug-likeness (QED) is 0.817. The molecule has 0 bridgehead atoms. The zero-order valence-electron chi connectivity index (χ0n) is 12.6. The van der Waals surface area contributed by atoms with E-state index in [1.807, 2.05) is 18.2 Å². The largest absolute Gasteiger partial charge is 0.393 e. The van der Waals surface area contributed by atoms with E-state index in [9.17, 15) is 5.11 Å². The summed E-state index contributed by atoms with van der Waals surface area (Å²) in [6, 6.07) is 5.66. The fraction of sp³-hybridized carbons (Fsp3) is 0.529. The average molecular weight is 320 g/mol. The second kappa shape index (κ2) is 7.25. The van der Waals surface area contributed by atoms with Crippen LogP contribution in [0.25, 0.3) is 10.9 Å². The van der Waals surface area contributed by atoms with Crippen molar-refractivity contribution in [2.24, 2.45) is 5.92 Å². The normalized spacial score (nSPS) is 21.9. The van der Waals surface area contributed by atoms with E-state index in [-0.39, 0.29) is 6.10 Å². The molecule has 4 nitrogen and oxygen atoms in total. The monoisotopic (exact) mass is 319 g/mol. The molecule has 0 radical (unpaired) electrons. The molecule has 0 saturated heterocycles. The second-order valence-corrected chi connectivity index (χ2v) is 6.50. The Balaban J connectivity index is 1.55. The molecule has 1 aliphatic carbocycles. The number of aromatic nitrogens is 2. The van der Waals surface area contributed by atoms with E-state index in [0.29, 0.717) is 10.9 Å². The number of nitrogens with one attached hydrogen (secondary N) is 1. The SMILES string of the molecule is OC1CCCCC1CCCNc1ncnc2cc(Cl)ccc12. The maximum Gasteiger partial charge on any atom is 0.137 e. The van der Waals surface area contributed by atoms with E-state index in [2.05, 4.69) is 15.3 Å². The zero-order chi connectivity index (χ0) is 15.4. The molecule has 1 fully saturated rings. The van der Waals surface area contributed by atoms with Gasteiger partial charge in [0.2, 0.25) is 0 Å². The van der Waals surface area contributed by atoms with Crippen LogP contribution in [0.4, 0.5) is 5.82 Å². The van der Waals surface area contributed by atoms with Gasteiger partial charge in [0.1, 0.15) is 12.1 Å². The molecule has 2 unspecified atom stereocenters. The number of rotatable bonds is 5. The van der Waals surface area contributed by atoms with E-state index >= 15 is 0 Å². The third-order valence-electron chi connectivity index (χ3n) is 4.51. The van der Waals surface area contributed by atoms with Crippen LogP contribution in [0.15, 0.2) is 24.5 Å². The molecule has 1 heterocycles. The molecule has 2 atom stereocenters. The van der Waals surface area contributed by atoms with E-state index in [0.717, 1.165) is 48.9 Å². The molecule has 2 N–H and O–H groups in total. The van der Waals surface area contributed by atoms with Crippen molar-refractivity contribution in [3.05, 3.63) is 29.5 Å². The summed E-state index contributed by atoms with van der Waals surface area (Å²) in [5, 5.41) is 15.1. The lowest BCUT2D eigenvalue weighted by Crippen LogP contribution is -2.24. The maximum absolute atomic E-state index is 10.00. The standard InChI is InChI=1S/C17H22ClN3O/c18-13-7-8-14-15(10-13)20-11-21-17(14)19-9-3-5-12-4-1-2-6-16(12)22/h7-8,10-12,16,22H,1-6,9H2,(H,19,20,21). The van der Waals surface area contributed by atoms with Gasteiger partial charge in [-0.2, -0.15) is 0 Å². The van der Waals surface area contributed by atoms with Gasteiger partial charge in [0.25, 0.3) is 0 Å². The first-order chi connectivity index (χ1) is 10.7. The number of aliphatic hydroxyl groups excluding tert-OH is 1. The molecular formula is C17H22ClN3O. The van der Waals surface area contributed by atoms with Gasteiger partial charge in [0.15, 0.2) is 0 Å². The minimum absolute atomic E-state index is 0.101. The highest BCUT2D eigenvalue weighted by molar-refractivity contribution is 6.31. The van der Waals surface area contributed by atoms with Crippen molar-refractivity contribution >= 4 is 28.3 Å². The van der Waals surface area contributed by atoms with Crippen LogP contribution in [-0.4, -0.2) is 27.7 Å². The third-order valence-corrected chi connectivity index (χ3v) is 4.75. The summed E-state index contributed by atoms with van der Waals surface area (Å²) in [5.74, 6) is 1.32. The summed E-state index contributed by atoms with van der Waals surface area (Å²) in [7, 11) is 0. The molecule has 0 aliphatic heterocycles. The van der Waals surface area contributed by atoms with Crippen LogP contribution in [0, 0.1) is 5.92 Å². The predicted molar refractivity (Wildman–Crippen MR) is 90.2 cm³/mol. The lowest BCUT2D eigenvalue weighted by Gasteiger charge is -2.27. The summed E-state index contributed by atoms with van der Waals surface area (Å²) in [5.41, 5.74) is 0.854. The van der Waals surface area contributed by atoms with Crippen molar-refractivity contribution in [3.63, 3.8) is 0 Å². The highest BCUT2D eigenvalue weighted by atomic mass is 35.5. The van der Waals surface area contributed by atoms with Gasteiger partial charge in [-0.1, -0.05) is 24.4 Å². The Kier molecular flexibility index (Phi) is 5.11. The van der Waals surface area contributed by atoms with Gasteiger partial charge >= 0.3 is 0 Å². The number of nitrogens with zero attached hydrogens (tertiary/aromatic N) is 2. The number of hydrogen-bond acceptors (Lipinski definition) is 4. The number of halogens is 1. The van der Waals surface area contributed by atoms with Crippen LogP contribution in [0.2, 0.25) is 5.02 Å². The van der Waals surface area contributed by atoms with Gasteiger partial charge in [-0.15, -0.1) is 0 Å². The van der Waals surface area contributed by atoms with Crippen LogP contribution < -0.4 is 5.32 Å². The first-order valence-electron chi connectivity index (χ1n) is 8.06. The van der Waals surface area contributed by atoms with Gasteiger partial charge < -0.3 is 10.4 Å². The predicted octanol–water partition coefficient (Wildman–Crippen LogP) is 4.03.